The van der Waals surface area contributed by atoms with Gasteiger partial charge in [0, 0.05) is 22.2 Å². The van der Waals surface area contributed by atoms with Crippen molar-refractivity contribution in [3.8, 4) is 0 Å². The topological polar surface area (TPSA) is 12.0 Å². The molecule has 2 rings (SSSR count). The molecule has 0 aliphatic carbocycles. The standard InChI is InChI=1S/C13H15BrClNS2/c1-2-7-16-10(11-4-5-12(14)18-11)8-9-3-6-13(15)17-9/h3-6,10,16H,2,7-8H2,1H3. The Kier molecular flexibility index (Phi) is 5.70. The molecule has 98 valence electrons. The van der Waals surface area contributed by atoms with Crippen molar-refractivity contribution in [3.05, 3.63) is 42.1 Å². The van der Waals surface area contributed by atoms with E-state index < -0.39 is 0 Å². The van der Waals surface area contributed by atoms with Crippen molar-refractivity contribution in [2.24, 2.45) is 0 Å². The average molecular weight is 365 g/mol. The number of hydrogen-bond donors (Lipinski definition) is 1. The summed E-state index contributed by atoms with van der Waals surface area (Å²) in [6, 6.07) is 8.79. The van der Waals surface area contributed by atoms with Gasteiger partial charge in [-0.2, -0.15) is 0 Å². The van der Waals surface area contributed by atoms with Crippen LogP contribution in [0, 0.1) is 0 Å². The van der Waals surface area contributed by atoms with Crippen LogP contribution in [0.2, 0.25) is 4.34 Å². The van der Waals surface area contributed by atoms with Crippen LogP contribution in [0.1, 0.15) is 29.1 Å². The van der Waals surface area contributed by atoms with Crippen molar-refractivity contribution in [1.82, 2.24) is 5.32 Å². The SMILES string of the molecule is CCCNC(Cc1ccc(Cl)s1)c1ccc(Br)s1. The molecule has 0 radical (unpaired) electrons. The van der Waals surface area contributed by atoms with E-state index in [2.05, 4.69) is 46.4 Å². The number of nitrogens with one attached hydrogen (secondary N) is 1. The van der Waals surface area contributed by atoms with Crippen molar-refractivity contribution in [1.29, 1.82) is 0 Å². The van der Waals surface area contributed by atoms with Crippen LogP contribution in [0.25, 0.3) is 0 Å². The molecule has 0 saturated carbocycles. The Morgan fingerprint density at radius 3 is 2.67 bits per heavy atom. The Morgan fingerprint density at radius 2 is 2.11 bits per heavy atom. The molecule has 0 spiro atoms. The molecule has 1 atom stereocenters. The molecule has 0 amide bonds. The summed E-state index contributed by atoms with van der Waals surface area (Å²) in [6.07, 6.45) is 2.15. The number of hydrogen-bond acceptors (Lipinski definition) is 3. The van der Waals surface area contributed by atoms with Crippen LogP contribution < -0.4 is 5.32 Å². The molecule has 18 heavy (non-hydrogen) atoms. The van der Waals surface area contributed by atoms with Gasteiger partial charge in [0.2, 0.25) is 0 Å². The predicted octanol–water partition coefficient (Wildman–Crippen LogP) is 5.51. The second kappa shape index (κ2) is 7.06. The molecular weight excluding hydrogens is 350 g/mol. The molecule has 5 heteroatoms. The van der Waals surface area contributed by atoms with Crippen LogP contribution in [0.15, 0.2) is 28.1 Å². The first-order valence-corrected chi connectivity index (χ1v) is 8.72. The second-order valence-electron chi connectivity index (χ2n) is 4.06. The van der Waals surface area contributed by atoms with Gasteiger partial charge in [-0.15, -0.1) is 22.7 Å². The Labute approximate surface area is 129 Å². The minimum Gasteiger partial charge on any atom is -0.309 e. The van der Waals surface area contributed by atoms with Crippen molar-refractivity contribution in [3.63, 3.8) is 0 Å². The van der Waals surface area contributed by atoms with E-state index in [-0.39, 0.29) is 0 Å². The predicted molar refractivity (Wildman–Crippen MR) is 86.1 cm³/mol. The van der Waals surface area contributed by atoms with Gasteiger partial charge in [0.15, 0.2) is 0 Å². The van der Waals surface area contributed by atoms with Crippen molar-refractivity contribution >= 4 is 50.2 Å². The van der Waals surface area contributed by atoms with Gasteiger partial charge in [0.25, 0.3) is 0 Å². The third-order valence-electron chi connectivity index (χ3n) is 2.61. The highest BCUT2D eigenvalue weighted by Gasteiger charge is 2.14. The maximum atomic E-state index is 5.99. The van der Waals surface area contributed by atoms with Crippen molar-refractivity contribution < 1.29 is 0 Å². The highest BCUT2D eigenvalue weighted by molar-refractivity contribution is 9.11. The van der Waals surface area contributed by atoms with Gasteiger partial charge in [0.05, 0.1) is 8.12 Å². The summed E-state index contributed by atoms with van der Waals surface area (Å²) in [7, 11) is 0. The van der Waals surface area contributed by atoms with Gasteiger partial charge in [-0.25, -0.2) is 0 Å². The maximum absolute atomic E-state index is 5.99. The van der Waals surface area contributed by atoms with Gasteiger partial charge in [0.1, 0.15) is 0 Å². The fourth-order valence-electron chi connectivity index (χ4n) is 1.77. The lowest BCUT2D eigenvalue weighted by Gasteiger charge is -2.16. The molecule has 2 aromatic heterocycles. The van der Waals surface area contributed by atoms with Gasteiger partial charge in [-0.05, 0) is 53.2 Å². The minimum absolute atomic E-state index is 0.385. The van der Waals surface area contributed by atoms with E-state index >= 15 is 0 Å². The molecule has 0 fully saturated rings. The Bertz CT molecular complexity index is 495. The Morgan fingerprint density at radius 1 is 1.28 bits per heavy atom. The van der Waals surface area contributed by atoms with E-state index in [1.54, 1.807) is 22.7 Å². The Hall–Kier alpha value is 0.130. The first-order valence-electron chi connectivity index (χ1n) is 5.92. The first kappa shape index (κ1) is 14.5. The largest absolute Gasteiger partial charge is 0.309 e. The highest BCUT2D eigenvalue weighted by Crippen LogP contribution is 2.31. The zero-order valence-corrected chi connectivity index (χ0v) is 14.1. The van der Waals surface area contributed by atoms with E-state index in [1.807, 2.05) is 6.07 Å². The third-order valence-corrected chi connectivity index (χ3v) is 5.60. The quantitative estimate of drug-likeness (QED) is 0.712. The smallest absolute Gasteiger partial charge is 0.0931 e. The molecule has 1 unspecified atom stereocenters. The first-order chi connectivity index (χ1) is 8.69. The van der Waals surface area contributed by atoms with E-state index in [9.17, 15) is 0 Å². The fourth-order valence-corrected chi connectivity index (χ4v) is 4.40. The molecule has 2 aromatic rings. The molecule has 2 heterocycles. The number of thiophene rings is 2. The van der Waals surface area contributed by atoms with Crippen molar-refractivity contribution in [2.75, 3.05) is 6.54 Å². The van der Waals surface area contributed by atoms with Gasteiger partial charge >= 0.3 is 0 Å². The summed E-state index contributed by atoms with van der Waals surface area (Å²) in [5.74, 6) is 0. The summed E-state index contributed by atoms with van der Waals surface area (Å²) in [4.78, 5) is 2.71. The number of halogens is 2. The third kappa shape index (κ3) is 4.07. The van der Waals surface area contributed by atoms with E-state index in [0.717, 1.165) is 23.7 Å². The molecule has 0 aliphatic rings. The van der Waals surface area contributed by atoms with E-state index in [0.29, 0.717) is 6.04 Å². The van der Waals surface area contributed by atoms with Gasteiger partial charge < -0.3 is 5.32 Å². The molecule has 0 aliphatic heterocycles. The lowest BCUT2D eigenvalue weighted by atomic mass is 10.1. The lowest BCUT2D eigenvalue weighted by Crippen LogP contribution is -2.22. The summed E-state index contributed by atoms with van der Waals surface area (Å²) >= 11 is 13.0. The molecule has 1 N–H and O–H groups in total. The van der Waals surface area contributed by atoms with E-state index in [1.165, 1.54) is 13.5 Å². The van der Waals surface area contributed by atoms with Crippen LogP contribution in [0.5, 0.6) is 0 Å². The number of rotatable bonds is 6. The Balaban J connectivity index is 2.09. The minimum atomic E-state index is 0.385. The van der Waals surface area contributed by atoms with Crippen molar-refractivity contribution in [2.45, 2.75) is 25.8 Å². The summed E-state index contributed by atoms with van der Waals surface area (Å²) in [5, 5.41) is 3.61. The highest BCUT2D eigenvalue weighted by atomic mass is 79.9. The maximum Gasteiger partial charge on any atom is 0.0931 e. The second-order valence-corrected chi connectivity index (χ2v) is 8.35. The molecule has 1 nitrogen and oxygen atoms in total. The summed E-state index contributed by atoms with van der Waals surface area (Å²) in [6.45, 7) is 3.23. The van der Waals surface area contributed by atoms with E-state index in [4.69, 9.17) is 11.6 Å². The van der Waals surface area contributed by atoms with Crippen LogP contribution in [0.4, 0.5) is 0 Å². The zero-order chi connectivity index (χ0) is 13.0. The zero-order valence-electron chi connectivity index (χ0n) is 10.1. The molecular formula is C13H15BrClNS2. The van der Waals surface area contributed by atoms with Crippen LogP contribution >= 0.6 is 50.2 Å². The monoisotopic (exact) mass is 363 g/mol. The average Bonchev–Trinajstić information content (AvgIpc) is 2.93. The van der Waals surface area contributed by atoms with Crippen LogP contribution in [-0.4, -0.2) is 6.54 Å². The summed E-state index contributed by atoms with van der Waals surface area (Å²) in [5.41, 5.74) is 0. The summed E-state index contributed by atoms with van der Waals surface area (Å²) < 4.78 is 2.05. The lowest BCUT2D eigenvalue weighted by molar-refractivity contribution is 0.539. The van der Waals surface area contributed by atoms with Crippen LogP contribution in [-0.2, 0) is 6.42 Å². The van der Waals surface area contributed by atoms with Gasteiger partial charge in [-0.1, -0.05) is 18.5 Å². The fraction of sp³-hybridized carbons (Fsp3) is 0.385. The van der Waals surface area contributed by atoms with Gasteiger partial charge in [-0.3, -0.25) is 0 Å². The molecule has 0 aromatic carbocycles. The molecule has 0 bridgehead atoms. The normalized spacial score (nSPS) is 12.8. The molecule has 0 saturated heterocycles. The van der Waals surface area contributed by atoms with Crippen LogP contribution in [0.3, 0.4) is 0 Å².